The largest absolute Gasteiger partial charge is 0.367 e. The Morgan fingerprint density at radius 3 is 2.70 bits per heavy atom. The molecule has 3 aromatic rings. The van der Waals surface area contributed by atoms with Crippen LogP contribution in [0.25, 0.3) is 11.3 Å². The summed E-state index contributed by atoms with van der Waals surface area (Å²) in [5.41, 5.74) is 2.06. The van der Waals surface area contributed by atoms with Gasteiger partial charge in [-0.1, -0.05) is 71.4 Å². The summed E-state index contributed by atoms with van der Waals surface area (Å²) >= 11 is 15.3. The van der Waals surface area contributed by atoms with E-state index in [-0.39, 0.29) is 10.9 Å². The molecule has 1 aliphatic heterocycles. The van der Waals surface area contributed by atoms with Gasteiger partial charge in [0.1, 0.15) is 16.2 Å². The average molecular weight is 479 g/mol. The number of thioether (sulfide) groups is 2. The Hall–Kier alpha value is -1.44. The van der Waals surface area contributed by atoms with Crippen LogP contribution in [0.1, 0.15) is 24.8 Å². The van der Waals surface area contributed by atoms with Gasteiger partial charge < -0.3 is 4.74 Å². The number of ether oxygens (including phenoxy) is 1. The standard InChI is InChI=1S/C22H20Cl2N2O2S2/c23-16-10-9-15(17(24)12-16)13-29-21-20(27)19(14-6-2-1-3-7-14)25-26-22(21)30-18-8-4-5-11-28-18/h1-3,6-7,9-10,12,18H,4-5,8,11,13H2,(H,26,27). The van der Waals surface area contributed by atoms with Crippen molar-refractivity contribution in [3.8, 4) is 11.3 Å². The summed E-state index contributed by atoms with van der Waals surface area (Å²) in [4.78, 5) is 14.0. The van der Waals surface area contributed by atoms with Crippen molar-refractivity contribution in [3.05, 3.63) is 74.4 Å². The fraction of sp³-hybridized carbons (Fsp3) is 0.273. The van der Waals surface area contributed by atoms with Crippen molar-refractivity contribution in [2.24, 2.45) is 0 Å². The number of aromatic amines is 1. The quantitative estimate of drug-likeness (QED) is 0.401. The summed E-state index contributed by atoms with van der Waals surface area (Å²) in [6.45, 7) is 0.750. The Morgan fingerprint density at radius 1 is 1.13 bits per heavy atom. The van der Waals surface area contributed by atoms with Crippen molar-refractivity contribution in [3.63, 3.8) is 0 Å². The Kier molecular flexibility index (Phi) is 7.44. The summed E-state index contributed by atoms with van der Waals surface area (Å²) in [6, 6.07) is 14.9. The second-order valence-corrected chi connectivity index (χ2v) is 9.86. The third-order valence-corrected chi connectivity index (χ3v) is 7.73. The van der Waals surface area contributed by atoms with Crippen LogP contribution in [0.3, 0.4) is 0 Å². The van der Waals surface area contributed by atoms with Gasteiger partial charge in [-0.2, -0.15) is 5.10 Å². The summed E-state index contributed by atoms with van der Waals surface area (Å²) in [7, 11) is 0. The summed E-state index contributed by atoms with van der Waals surface area (Å²) < 4.78 is 5.85. The number of nitrogens with one attached hydrogen (secondary N) is 1. The molecule has 0 spiro atoms. The van der Waals surface area contributed by atoms with E-state index in [4.69, 9.17) is 27.9 Å². The number of halogens is 2. The topological polar surface area (TPSA) is 55.0 Å². The molecule has 30 heavy (non-hydrogen) atoms. The highest BCUT2D eigenvalue weighted by Crippen LogP contribution is 2.36. The molecule has 0 aliphatic carbocycles. The molecule has 2 aromatic carbocycles. The third kappa shape index (κ3) is 5.24. The lowest BCUT2D eigenvalue weighted by molar-refractivity contribution is 0.0726. The zero-order valence-electron chi connectivity index (χ0n) is 16.1. The summed E-state index contributed by atoms with van der Waals surface area (Å²) in [5, 5.41) is 9.42. The number of rotatable bonds is 6. The van der Waals surface area contributed by atoms with Gasteiger partial charge in [0.15, 0.2) is 0 Å². The lowest BCUT2D eigenvalue weighted by Gasteiger charge is -2.22. The fourth-order valence-corrected chi connectivity index (χ4v) is 5.99. The molecule has 1 unspecified atom stereocenters. The van der Waals surface area contributed by atoms with Gasteiger partial charge in [-0.3, -0.25) is 9.89 Å². The van der Waals surface area contributed by atoms with E-state index in [1.807, 2.05) is 36.4 Å². The third-order valence-electron chi connectivity index (χ3n) is 4.72. The zero-order valence-corrected chi connectivity index (χ0v) is 19.2. The zero-order chi connectivity index (χ0) is 20.9. The molecule has 156 valence electrons. The maximum absolute atomic E-state index is 13.4. The SMILES string of the molecule is O=c1c(-c2ccccc2)n[nH]c(SC2CCCCO2)c1SCc1ccc(Cl)cc1Cl. The second kappa shape index (κ2) is 10.2. The number of benzene rings is 2. The molecule has 8 heteroatoms. The minimum Gasteiger partial charge on any atom is -0.367 e. The molecule has 0 bridgehead atoms. The van der Waals surface area contributed by atoms with Gasteiger partial charge >= 0.3 is 0 Å². The Morgan fingerprint density at radius 2 is 1.97 bits per heavy atom. The van der Waals surface area contributed by atoms with E-state index < -0.39 is 0 Å². The van der Waals surface area contributed by atoms with Crippen LogP contribution < -0.4 is 5.43 Å². The van der Waals surface area contributed by atoms with Crippen LogP contribution in [0.2, 0.25) is 10.0 Å². The summed E-state index contributed by atoms with van der Waals surface area (Å²) in [6.07, 6.45) is 3.16. The minimum absolute atomic E-state index is 0.0252. The molecule has 1 fully saturated rings. The monoisotopic (exact) mass is 478 g/mol. The first kappa shape index (κ1) is 21.8. The van der Waals surface area contributed by atoms with Gasteiger partial charge in [0, 0.05) is 28.0 Å². The first-order valence-corrected chi connectivity index (χ1v) is 12.3. The average Bonchev–Trinajstić information content (AvgIpc) is 2.76. The Balaban J connectivity index is 1.67. The van der Waals surface area contributed by atoms with Crippen LogP contribution in [0, 0.1) is 0 Å². The fourth-order valence-electron chi connectivity index (χ4n) is 3.15. The molecule has 4 nitrogen and oxygen atoms in total. The lowest BCUT2D eigenvalue weighted by Crippen LogP contribution is -2.18. The van der Waals surface area contributed by atoms with E-state index in [0.717, 1.165) is 42.0 Å². The predicted octanol–water partition coefficient (Wildman–Crippen LogP) is 6.65. The van der Waals surface area contributed by atoms with Crippen LogP contribution in [0.4, 0.5) is 0 Å². The minimum atomic E-state index is -0.0895. The normalized spacial score (nSPS) is 16.5. The molecule has 0 saturated carbocycles. The van der Waals surface area contributed by atoms with Crippen molar-refractivity contribution in [2.75, 3.05) is 6.61 Å². The van der Waals surface area contributed by atoms with E-state index in [0.29, 0.717) is 26.4 Å². The van der Waals surface area contributed by atoms with Crippen molar-refractivity contribution >= 4 is 46.7 Å². The summed E-state index contributed by atoms with van der Waals surface area (Å²) in [5.74, 6) is 0.552. The van der Waals surface area contributed by atoms with Crippen LogP contribution in [-0.2, 0) is 10.5 Å². The van der Waals surface area contributed by atoms with E-state index in [1.54, 1.807) is 12.1 Å². The maximum atomic E-state index is 13.4. The number of nitrogens with zero attached hydrogens (tertiary/aromatic N) is 1. The first-order chi connectivity index (χ1) is 14.6. The maximum Gasteiger partial charge on any atom is 0.222 e. The molecule has 1 atom stereocenters. The van der Waals surface area contributed by atoms with Gasteiger partial charge in [0.05, 0.1) is 4.90 Å². The highest BCUT2D eigenvalue weighted by molar-refractivity contribution is 8.02. The van der Waals surface area contributed by atoms with E-state index in [9.17, 15) is 4.79 Å². The molecule has 1 N–H and O–H groups in total. The Labute approximate surface area is 193 Å². The molecule has 0 radical (unpaired) electrons. The smallest absolute Gasteiger partial charge is 0.222 e. The highest BCUT2D eigenvalue weighted by atomic mass is 35.5. The lowest BCUT2D eigenvalue weighted by atomic mass is 10.1. The molecule has 1 aliphatic rings. The van der Waals surface area contributed by atoms with E-state index in [1.165, 1.54) is 23.5 Å². The molecular weight excluding hydrogens is 459 g/mol. The molecule has 4 rings (SSSR count). The van der Waals surface area contributed by atoms with Crippen molar-refractivity contribution < 1.29 is 4.74 Å². The Bertz CT molecular complexity index is 1070. The molecule has 1 aromatic heterocycles. The van der Waals surface area contributed by atoms with Crippen LogP contribution >= 0.6 is 46.7 Å². The van der Waals surface area contributed by atoms with Gasteiger partial charge in [-0.25, -0.2) is 0 Å². The molecule has 0 amide bonds. The van der Waals surface area contributed by atoms with Crippen molar-refractivity contribution in [2.45, 2.75) is 40.4 Å². The van der Waals surface area contributed by atoms with Gasteiger partial charge in [0.2, 0.25) is 5.43 Å². The van der Waals surface area contributed by atoms with E-state index >= 15 is 0 Å². The second-order valence-electron chi connectivity index (χ2n) is 6.86. The number of aromatic nitrogens is 2. The molecule has 2 heterocycles. The van der Waals surface area contributed by atoms with Gasteiger partial charge in [-0.15, -0.1) is 11.8 Å². The van der Waals surface area contributed by atoms with E-state index in [2.05, 4.69) is 10.2 Å². The number of hydrogen-bond acceptors (Lipinski definition) is 5. The van der Waals surface area contributed by atoms with Crippen molar-refractivity contribution in [1.29, 1.82) is 0 Å². The molecular formula is C22H20Cl2N2O2S2. The van der Waals surface area contributed by atoms with Crippen LogP contribution in [-0.4, -0.2) is 22.2 Å². The van der Waals surface area contributed by atoms with Gasteiger partial charge in [0.25, 0.3) is 0 Å². The number of H-pyrrole nitrogens is 1. The predicted molar refractivity (Wildman–Crippen MR) is 126 cm³/mol. The number of hydrogen-bond donors (Lipinski definition) is 1. The van der Waals surface area contributed by atoms with Crippen molar-refractivity contribution in [1.82, 2.24) is 10.2 Å². The van der Waals surface area contributed by atoms with Crippen LogP contribution in [0.5, 0.6) is 0 Å². The highest BCUT2D eigenvalue weighted by Gasteiger charge is 2.21. The first-order valence-electron chi connectivity index (χ1n) is 9.65. The van der Waals surface area contributed by atoms with Gasteiger partial charge in [-0.05, 0) is 37.0 Å². The van der Waals surface area contributed by atoms with Crippen LogP contribution in [0.15, 0.2) is 63.2 Å². The molecule has 1 saturated heterocycles.